The summed E-state index contributed by atoms with van der Waals surface area (Å²) in [5.74, 6) is -0.0693. The van der Waals surface area contributed by atoms with Crippen LogP contribution in [0.3, 0.4) is 0 Å². The molecule has 0 spiro atoms. The van der Waals surface area contributed by atoms with E-state index in [-0.39, 0.29) is 17.6 Å². The van der Waals surface area contributed by atoms with Crippen LogP contribution < -0.4 is 5.32 Å². The predicted molar refractivity (Wildman–Crippen MR) is 72.1 cm³/mol. The lowest BCUT2D eigenvalue weighted by atomic mass is 10.0. The Morgan fingerprint density at radius 2 is 2.10 bits per heavy atom. The van der Waals surface area contributed by atoms with E-state index in [1.54, 1.807) is 38.2 Å². The molecule has 0 aliphatic carbocycles. The largest absolute Gasteiger partial charge is 0.463 e. The van der Waals surface area contributed by atoms with Gasteiger partial charge in [-0.2, -0.15) is 0 Å². The van der Waals surface area contributed by atoms with Crippen LogP contribution in [0.15, 0.2) is 34.7 Å². The van der Waals surface area contributed by atoms with Crippen LogP contribution >= 0.6 is 0 Å². The lowest BCUT2D eigenvalue weighted by Gasteiger charge is -2.15. The van der Waals surface area contributed by atoms with Gasteiger partial charge < -0.3 is 14.5 Å². The Morgan fingerprint density at radius 3 is 2.70 bits per heavy atom. The van der Waals surface area contributed by atoms with E-state index in [0.29, 0.717) is 11.3 Å². The number of esters is 1. The quantitative estimate of drug-likeness (QED) is 0.873. The summed E-state index contributed by atoms with van der Waals surface area (Å²) in [5, 5.41) is 3.08. The second-order valence-electron chi connectivity index (χ2n) is 4.42. The van der Waals surface area contributed by atoms with Crippen molar-refractivity contribution < 1.29 is 18.3 Å². The molecule has 1 atom stereocenters. The summed E-state index contributed by atoms with van der Waals surface area (Å²) < 4.78 is 23.4. The third kappa shape index (κ3) is 2.72. The molecule has 0 radical (unpaired) electrons. The van der Waals surface area contributed by atoms with Crippen molar-refractivity contribution in [2.24, 2.45) is 0 Å². The Morgan fingerprint density at radius 1 is 1.35 bits per heavy atom. The van der Waals surface area contributed by atoms with E-state index in [1.807, 2.05) is 0 Å². The highest BCUT2D eigenvalue weighted by atomic mass is 19.1. The SMILES string of the molecule is CNC(c1ccc(F)c(C)c1)c1ccc(C(=O)OC)o1. The van der Waals surface area contributed by atoms with Gasteiger partial charge in [-0.1, -0.05) is 12.1 Å². The highest BCUT2D eigenvalue weighted by Crippen LogP contribution is 2.25. The number of carbonyl (C=O) groups is 1. The highest BCUT2D eigenvalue weighted by molar-refractivity contribution is 5.86. The molecule has 0 aliphatic rings. The minimum Gasteiger partial charge on any atom is -0.463 e. The second kappa shape index (κ2) is 5.88. The van der Waals surface area contributed by atoms with E-state index >= 15 is 0 Å². The van der Waals surface area contributed by atoms with Crippen LogP contribution in [0.2, 0.25) is 0 Å². The molecule has 2 rings (SSSR count). The first-order valence-corrected chi connectivity index (χ1v) is 6.18. The van der Waals surface area contributed by atoms with Crippen molar-refractivity contribution in [1.29, 1.82) is 0 Å². The van der Waals surface area contributed by atoms with Crippen molar-refractivity contribution in [2.45, 2.75) is 13.0 Å². The molecule has 106 valence electrons. The minimum atomic E-state index is -0.526. The summed E-state index contributed by atoms with van der Waals surface area (Å²) in [6, 6.07) is 7.85. The predicted octanol–water partition coefficient (Wildman–Crippen LogP) is 2.82. The zero-order chi connectivity index (χ0) is 14.7. The fraction of sp³-hybridized carbons (Fsp3) is 0.267. The Bertz CT molecular complexity index is 621. The van der Waals surface area contributed by atoms with Crippen molar-refractivity contribution in [2.75, 3.05) is 14.2 Å². The van der Waals surface area contributed by atoms with Crippen LogP contribution in [-0.2, 0) is 4.74 Å². The van der Waals surface area contributed by atoms with Crippen molar-refractivity contribution in [3.05, 3.63) is 58.8 Å². The van der Waals surface area contributed by atoms with Crippen LogP contribution in [0.25, 0.3) is 0 Å². The number of benzene rings is 1. The second-order valence-corrected chi connectivity index (χ2v) is 4.42. The molecular weight excluding hydrogens is 261 g/mol. The number of rotatable bonds is 4. The summed E-state index contributed by atoms with van der Waals surface area (Å²) in [6.07, 6.45) is 0. The molecule has 0 aliphatic heterocycles. The van der Waals surface area contributed by atoms with Crippen LogP contribution in [0.4, 0.5) is 4.39 Å². The molecule has 0 amide bonds. The van der Waals surface area contributed by atoms with Crippen LogP contribution in [0.5, 0.6) is 0 Å². The van der Waals surface area contributed by atoms with Crippen molar-refractivity contribution in [1.82, 2.24) is 5.32 Å². The number of nitrogens with one attached hydrogen (secondary N) is 1. The average molecular weight is 277 g/mol. The summed E-state index contributed by atoms with van der Waals surface area (Å²) in [7, 11) is 3.06. The third-order valence-corrected chi connectivity index (χ3v) is 3.10. The number of furan rings is 1. The van der Waals surface area contributed by atoms with E-state index < -0.39 is 5.97 Å². The number of methoxy groups -OCH3 is 1. The Hall–Kier alpha value is -2.14. The smallest absolute Gasteiger partial charge is 0.373 e. The zero-order valence-electron chi connectivity index (χ0n) is 11.6. The van der Waals surface area contributed by atoms with Crippen molar-refractivity contribution in [3.8, 4) is 0 Å². The first kappa shape index (κ1) is 14.3. The molecule has 20 heavy (non-hydrogen) atoms. The zero-order valence-corrected chi connectivity index (χ0v) is 11.6. The number of carbonyl (C=O) groups excluding carboxylic acids is 1. The lowest BCUT2D eigenvalue weighted by molar-refractivity contribution is 0.0562. The van der Waals surface area contributed by atoms with E-state index in [4.69, 9.17) is 4.42 Å². The van der Waals surface area contributed by atoms with Crippen molar-refractivity contribution in [3.63, 3.8) is 0 Å². The third-order valence-electron chi connectivity index (χ3n) is 3.10. The van der Waals surface area contributed by atoms with Gasteiger partial charge in [0.25, 0.3) is 0 Å². The van der Waals surface area contributed by atoms with Gasteiger partial charge in [0.15, 0.2) is 0 Å². The van der Waals surface area contributed by atoms with Gasteiger partial charge in [-0.25, -0.2) is 9.18 Å². The number of hydrogen-bond donors (Lipinski definition) is 1. The Kier molecular flexibility index (Phi) is 4.20. The molecule has 0 bridgehead atoms. The van der Waals surface area contributed by atoms with Gasteiger partial charge in [0.1, 0.15) is 11.6 Å². The molecule has 1 unspecified atom stereocenters. The molecule has 1 aromatic carbocycles. The number of ether oxygens (including phenoxy) is 1. The average Bonchev–Trinajstić information content (AvgIpc) is 2.92. The molecule has 5 heteroatoms. The molecule has 1 N–H and O–H groups in total. The lowest BCUT2D eigenvalue weighted by Crippen LogP contribution is -2.17. The molecular formula is C15H16FNO3. The molecule has 0 saturated carbocycles. The standard InChI is InChI=1S/C15H16FNO3/c1-9-8-10(4-5-11(9)16)14(17-2)12-6-7-13(20-12)15(18)19-3/h4-8,14,17H,1-3H3. The van der Waals surface area contributed by atoms with Crippen LogP contribution in [0.1, 0.15) is 33.5 Å². The molecule has 1 heterocycles. The van der Waals surface area contributed by atoms with Crippen LogP contribution in [-0.4, -0.2) is 20.1 Å². The first-order chi connectivity index (χ1) is 9.56. The summed E-state index contributed by atoms with van der Waals surface area (Å²) in [6.45, 7) is 1.70. The normalized spacial score (nSPS) is 12.2. The number of hydrogen-bond acceptors (Lipinski definition) is 4. The van der Waals surface area contributed by atoms with Crippen molar-refractivity contribution >= 4 is 5.97 Å². The van der Waals surface area contributed by atoms with E-state index in [1.165, 1.54) is 13.2 Å². The topological polar surface area (TPSA) is 51.5 Å². The summed E-state index contributed by atoms with van der Waals surface area (Å²) in [4.78, 5) is 11.4. The maximum absolute atomic E-state index is 13.3. The highest BCUT2D eigenvalue weighted by Gasteiger charge is 2.19. The van der Waals surface area contributed by atoms with E-state index in [9.17, 15) is 9.18 Å². The monoisotopic (exact) mass is 277 g/mol. The molecule has 0 saturated heterocycles. The van der Waals surface area contributed by atoms with Gasteiger partial charge in [0.2, 0.25) is 5.76 Å². The van der Waals surface area contributed by atoms with E-state index in [2.05, 4.69) is 10.1 Å². The van der Waals surface area contributed by atoms with Gasteiger partial charge in [0, 0.05) is 0 Å². The number of halogens is 1. The van der Waals surface area contributed by atoms with Gasteiger partial charge in [-0.05, 0) is 43.3 Å². The van der Waals surface area contributed by atoms with Gasteiger partial charge in [-0.3, -0.25) is 0 Å². The maximum Gasteiger partial charge on any atom is 0.373 e. The van der Waals surface area contributed by atoms with E-state index in [0.717, 1.165) is 5.56 Å². The maximum atomic E-state index is 13.3. The number of aryl methyl sites for hydroxylation is 1. The Balaban J connectivity index is 2.34. The molecule has 4 nitrogen and oxygen atoms in total. The van der Waals surface area contributed by atoms with Gasteiger partial charge >= 0.3 is 5.97 Å². The fourth-order valence-corrected chi connectivity index (χ4v) is 2.04. The Labute approximate surface area is 116 Å². The van der Waals surface area contributed by atoms with Crippen LogP contribution in [0, 0.1) is 12.7 Å². The van der Waals surface area contributed by atoms with Gasteiger partial charge in [0.05, 0.1) is 13.2 Å². The summed E-state index contributed by atoms with van der Waals surface area (Å²) in [5.41, 5.74) is 1.42. The molecule has 0 fully saturated rings. The first-order valence-electron chi connectivity index (χ1n) is 6.18. The summed E-state index contributed by atoms with van der Waals surface area (Å²) >= 11 is 0. The minimum absolute atomic E-state index is 0.140. The fourth-order valence-electron chi connectivity index (χ4n) is 2.04. The molecule has 1 aromatic heterocycles. The molecule has 2 aromatic rings. The van der Waals surface area contributed by atoms with Gasteiger partial charge in [-0.15, -0.1) is 0 Å².